The van der Waals surface area contributed by atoms with Crippen molar-refractivity contribution in [1.29, 1.82) is 5.41 Å². The van der Waals surface area contributed by atoms with Crippen LogP contribution in [-0.2, 0) is 24.4 Å². The van der Waals surface area contributed by atoms with Crippen LogP contribution in [0.15, 0.2) is 0 Å². The first-order valence-electron chi connectivity index (χ1n) is 10.9. The molecule has 6 N–H and O–H groups in total. The molecule has 0 aromatic carbocycles. The van der Waals surface area contributed by atoms with Gasteiger partial charge >= 0.3 is 5.97 Å². The summed E-state index contributed by atoms with van der Waals surface area (Å²) >= 11 is 0. The Morgan fingerprint density at radius 2 is 2.09 bits per heavy atom. The molecule has 12 nitrogen and oxygen atoms in total. The molecular weight excluding hydrogens is 440 g/mol. The summed E-state index contributed by atoms with van der Waals surface area (Å²) in [7, 11) is -3.93. The number of unbranched alkanes of at least 4 members (excludes halogenated alkanes) is 1. The average Bonchev–Trinajstić information content (AvgIpc) is 2.73. The van der Waals surface area contributed by atoms with Crippen LogP contribution >= 0.6 is 0 Å². The molecule has 13 heteroatoms. The molecule has 0 aromatic heterocycles. The third-order valence-corrected chi connectivity index (χ3v) is 7.73. The highest BCUT2D eigenvalue weighted by Gasteiger charge is 2.49. The number of aliphatic carboxylic acids is 1. The van der Waals surface area contributed by atoms with E-state index in [2.05, 4.69) is 10.6 Å². The first kappa shape index (κ1) is 26.0. The smallest absolute Gasteiger partial charge is 0.323 e. The number of carboxylic acids is 1. The van der Waals surface area contributed by atoms with Crippen molar-refractivity contribution in [2.45, 2.75) is 38.6 Å². The number of amidine groups is 1. The Labute approximate surface area is 188 Å². The number of nitrogens with one attached hydrogen (secondary N) is 3. The molecule has 32 heavy (non-hydrogen) atoms. The molecule has 2 rings (SSSR count). The molecule has 0 saturated carbocycles. The van der Waals surface area contributed by atoms with E-state index in [1.54, 1.807) is 0 Å². The minimum Gasteiger partial charge on any atom is -0.480 e. The number of piperazine rings is 1. The molecule has 0 radical (unpaired) electrons. The number of hydrogen-bond donors (Lipinski definition) is 5. The molecule has 0 aliphatic carbocycles. The maximum absolute atomic E-state index is 13.2. The number of sulfonamides is 1. The lowest BCUT2D eigenvalue weighted by Gasteiger charge is -2.41. The van der Waals surface area contributed by atoms with E-state index in [0.717, 1.165) is 35.1 Å². The quantitative estimate of drug-likeness (QED) is 0.175. The van der Waals surface area contributed by atoms with Crippen LogP contribution in [0.3, 0.4) is 0 Å². The van der Waals surface area contributed by atoms with E-state index in [-0.39, 0.29) is 24.8 Å². The van der Waals surface area contributed by atoms with Crippen LogP contribution in [0.4, 0.5) is 0 Å². The Morgan fingerprint density at radius 3 is 2.66 bits per heavy atom. The third-order valence-electron chi connectivity index (χ3n) is 5.80. The maximum Gasteiger partial charge on any atom is 0.323 e. The molecule has 2 aliphatic rings. The van der Waals surface area contributed by atoms with Crippen molar-refractivity contribution < 1.29 is 27.9 Å². The number of carbonyl (C=O) groups is 3. The standard InChI is InChI=1S/C19H34N6O6S/c1-2-3-9-32(30,31)25-8-7-24(12-14(26)27)19(29)16(25)15(17(20)21)18(28)23-11-13-5-4-6-22-10-13/h13,15-16,22H,2-12H2,1H3,(H3,20,21)(H,23,28)(H,26,27)/t13?,15-,16?/m0/s1. The molecule has 2 saturated heterocycles. The van der Waals surface area contributed by atoms with E-state index in [1.165, 1.54) is 0 Å². The van der Waals surface area contributed by atoms with Crippen molar-refractivity contribution in [1.82, 2.24) is 19.8 Å². The Bertz CT molecular complexity index is 813. The van der Waals surface area contributed by atoms with Crippen LogP contribution in [0.2, 0.25) is 0 Å². The van der Waals surface area contributed by atoms with Gasteiger partial charge in [0.25, 0.3) is 0 Å². The number of rotatable bonds is 11. The lowest BCUT2D eigenvalue weighted by atomic mass is 9.93. The fourth-order valence-corrected chi connectivity index (χ4v) is 5.88. The van der Waals surface area contributed by atoms with Crippen LogP contribution in [-0.4, -0.2) is 97.4 Å². The Hall–Kier alpha value is -2.25. The Morgan fingerprint density at radius 1 is 1.38 bits per heavy atom. The molecule has 0 aromatic rings. The summed E-state index contributed by atoms with van der Waals surface area (Å²) in [4.78, 5) is 38.4. The second-order valence-corrected chi connectivity index (χ2v) is 10.3. The number of hydrogen-bond acceptors (Lipinski definition) is 7. The molecule has 3 atom stereocenters. The van der Waals surface area contributed by atoms with E-state index >= 15 is 0 Å². The van der Waals surface area contributed by atoms with Gasteiger partial charge < -0.3 is 26.4 Å². The third kappa shape index (κ3) is 6.62. The Kier molecular flexibility index (Phi) is 9.40. The predicted octanol–water partition coefficient (Wildman–Crippen LogP) is -1.62. The minimum absolute atomic E-state index is 0.118. The van der Waals surface area contributed by atoms with Crippen molar-refractivity contribution >= 4 is 33.6 Å². The number of carboxylic acid groups (broad SMARTS) is 1. The summed E-state index contributed by atoms with van der Waals surface area (Å²) in [6.07, 6.45) is 2.85. The SMILES string of the molecule is CCCCS(=O)(=O)N1CCN(CC(=O)O)C(=O)C1[C@@H](C(=N)N)C(=O)NCC1CCCNC1. The van der Waals surface area contributed by atoms with Gasteiger partial charge in [0, 0.05) is 19.6 Å². The van der Waals surface area contributed by atoms with Gasteiger partial charge in [0.2, 0.25) is 21.8 Å². The zero-order valence-electron chi connectivity index (χ0n) is 18.4. The maximum atomic E-state index is 13.2. The number of amides is 2. The van der Waals surface area contributed by atoms with Gasteiger partial charge in [0.05, 0.1) is 5.75 Å². The van der Waals surface area contributed by atoms with Crippen molar-refractivity contribution in [3.8, 4) is 0 Å². The van der Waals surface area contributed by atoms with E-state index in [0.29, 0.717) is 19.4 Å². The number of nitrogens with zero attached hydrogens (tertiary/aromatic N) is 2. The van der Waals surface area contributed by atoms with Crippen LogP contribution in [0, 0.1) is 17.2 Å². The fraction of sp³-hybridized carbons (Fsp3) is 0.789. The zero-order valence-corrected chi connectivity index (χ0v) is 19.2. The van der Waals surface area contributed by atoms with Crippen LogP contribution < -0.4 is 16.4 Å². The monoisotopic (exact) mass is 474 g/mol. The normalized spacial score (nSPS) is 23.5. The van der Waals surface area contributed by atoms with Crippen molar-refractivity contribution in [3.63, 3.8) is 0 Å². The summed E-state index contributed by atoms with van der Waals surface area (Å²) < 4.78 is 26.9. The number of nitrogens with two attached hydrogens (primary N) is 1. The van der Waals surface area contributed by atoms with Crippen molar-refractivity contribution in [2.24, 2.45) is 17.6 Å². The molecule has 2 fully saturated rings. The molecule has 0 bridgehead atoms. The first-order valence-corrected chi connectivity index (χ1v) is 12.5. The van der Waals surface area contributed by atoms with Crippen LogP contribution in [0.5, 0.6) is 0 Å². The van der Waals surface area contributed by atoms with E-state index < -0.39 is 52.1 Å². The number of piperidine rings is 1. The first-order chi connectivity index (χ1) is 15.1. The molecule has 2 aliphatic heterocycles. The lowest BCUT2D eigenvalue weighted by Crippen LogP contribution is -2.65. The highest BCUT2D eigenvalue weighted by atomic mass is 32.2. The van der Waals surface area contributed by atoms with Gasteiger partial charge in [0.15, 0.2) is 0 Å². The number of carbonyl (C=O) groups excluding carboxylic acids is 2. The van der Waals surface area contributed by atoms with Gasteiger partial charge in [-0.05, 0) is 38.3 Å². The summed E-state index contributed by atoms with van der Waals surface area (Å²) in [6, 6.07) is -1.59. The minimum atomic E-state index is -3.93. The average molecular weight is 475 g/mol. The zero-order chi connectivity index (χ0) is 23.9. The Balaban J connectivity index is 2.31. The van der Waals surface area contributed by atoms with Gasteiger partial charge in [0.1, 0.15) is 24.3 Å². The summed E-state index contributed by atoms with van der Waals surface area (Å²) in [6.45, 7) is 2.84. The van der Waals surface area contributed by atoms with Gasteiger partial charge in [-0.2, -0.15) is 4.31 Å². The van der Waals surface area contributed by atoms with Gasteiger partial charge in [-0.25, -0.2) is 8.42 Å². The highest BCUT2D eigenvalue weighted by molar-refractivity contribution is 7.89. The summed E-state index contributed by atoms with van der Waals surface area (Å²) in [5, 5.41) is 23.0. The molecule has 2 unspecified atom stereocenters. The van der Waals surface area contributed by atoms with Crippen molar-refractivity contribution in [2.75, 3.05) is 45.0 Å². The molecule has 0 spiro atoms. The highest BCUT2D eigenvalue weighted by Crippen LogP contribution is 2.24. The summed E-state index contributed by atoms with van der Waals surface area (Å²) in [5.41, 5.74) is 5.69. The molecular formula is C19H34N6O6S. The fourth-order valence-electron chi connectivity index (χ4n) is 4.07. The van der Waals surface area contributed by atoms with Crippen molar-refractivity contribution in [3.05, 3.63) is 0 Å². The second kappa shape index (κ2) is 11.6. The molecule has 2 amide bonds. The molecule has 182 valence electrons. The largest absolute Gasteiger partial charge is 0.480 e. The van der Waals surface area contributed by atoms with E-state index in [9.17, 15) is 22.8 Å². The summed E-state index contributed by atoms with van der Waals surface area (Å²) in [5.74, 6) is -5.04. The van der Waals surface area contributed by atoms with Gasteiger partial charge in [-0.15, -0.1) is 0 Å². The van der Waals surface area contributed by atoms with E-state index in [4.69, 9.17) is 16.2 Å². The molecule has 2 heterocycles. The van der Waals surface area contributed by atoms with Crippen LogP contribution in [0.25, 0.3) is 0 Å². The lowest BCUT2D eigenvalue weighted by molar-refractivity contribution is -0.150. The topological polar surface area (TPSA) is 186 Å². The second-order valence-electron chi connectivity index (χ2n) is 8.27. The van der Waals surface area contributed by atoms with Gasteiger partial charge in [-0.3, -0.25) is 19.8 Å². The van der Waals surface area contributed by atoms with E-state index in [1.807, 2.05) is 6.92 Å². The van der Waals surface area contributed by atoms with Crippen LogP contribution in [0.1, 0.15) is 32.6 Å². The van der Waals surface area contributed by atoms with Gasteiger partial charge in [-0.1, -0.05) is 13.3 Å². The predicted molar refractivity (Wildman–Crippen MR) is 117 cm³/mol.